The normalized spacial score (nSPS) is 22.5. The fraction of sp³-hybridized carbons (Fsp3) is 0.183. The van der Waals surface area contributed by atoms with Gasteiger partial charge in [0, 0.05) is 33.9 Å². The van der Waals surface area contributed by atoms with E-state index in [1.807, 2.05) is 0 Å². The molecular formula is C82H56O53. The average molecular weight is 1890 g/mol. The summed E-state index contributed by atoms with van der Waals surface area (Å²) in [5, 5.41) is 311. The topological polar surface area (TPSA) is 883 Å². The van der Waals surface area contributed by atoms with Crippen LogP contribution in [0.3, 0.4) is 0 Å². The highest BCUT2D eigenvalue weighted by Gasteiger charge is 2.71. The number of hydrogen-bond acceptors (Lipinski definition) is 53. The van der Waals surface area contributed by atoms with Gasteiger partial charge in [-0.15, -0.1) is 0 Å². The van der Waals surface area contributed by atoms with Gasteiger partial charge in [-0.2, -0.15) is 0 Å². The van der Waals surface area contributed by atoms with Crippen molar-refractivity contribution in [3.05, 3.63) is 140 Å². The summed E-state index contributed by atoms with van der Waals surface area (Å²) < 4.78 is 79.9. The lowest BCUT2D eigenvalue weighted by atomic mass is 9.70. The molecule has 135 heavy (non-hydrogen) atoms. The van der Waals surface area contributed by atoms with E-state index in [2.05, 4.69) is 0 Å². The van der Waals surface area contributed by atoms with Gasteiger partial charge in [0.25, 0.3) is 5.79 Å². The van der Waals surface area contributed by atoms with Gasteiger partial charge in [0.1, 0.15) is 31.0 Å². The molecule has 28 N–H and O–H groups in total. The molecule has 16 rings (SSSR count). The van der Waals surface area contributed by atoms with Gasteiger partial charge < -0.3 is 209 Å². The number of phenols is 25. The van der Waals surface area contributed by atoms with E-state index in [1.54, 1.807) is 0 Å². The maximum atomic E-state index is 15.7. The van der Waals surface area contributed by atoms with Gasteiger partial charge in [0.2, 0.25) is 76.6 Å². The summed E-state index contributed by atoms with van der Waals surface area (Å²) in [5.74, 6) is -76.5. The van der Waals surface area contributed by atoms with Crippen LogP contribution in [0.5, 0.6) is 161 Å². The second-order valence-corrected chi connectivity index (χ2v) is 29.9. The molecule has 6 heterocycles. The Morgan fingerprint density at radius 3 is 1.17 bits per heavy atom. The summed E-state index contributed by atoms with van der Waals surface area (Å²) in [6, 6.07) is 3.38. The van der Waals surface area contributed by atoms with Crippen LogP contribution in [0, 0.1) is 0 Å². The number of carbonyl (C=O) groups excluding carboxylic acids is 11. The predicted octanol–water partition coefficient (Wildman–Crippen LogP) is 0.965. The number of fused-ring (bicyclic) bond motifs is 15. The average Bonchev–Trinajstić information content (AvgIpc) is 1.19. The highest BCUT2D eigenvalue weighted by atomic mass is 16.8. The first kappa shape index (κ1) is 89.9. The second kappa shape index (κ2) is 32.0. The molecule has 53 nitrogen and oxygen atoms in total. The zero-order valence-electron chi connectivity index (χ0n) is 66.0. The van der Waals surface area contributed by atoms with Gasteiger partial charge in [0.15, 0.2) is 139 Å². The lowest BCUT2D eigenvalue weighted by Gasteiger charge is -2.49. The lowest BCUT2D eigenvalue weighted by molar-refractivity contribution is -0.339. The molecule has 2 saturated heterocycles. The quantitative estimate of drug-likeness (QED) is 0.0392. The highest BCUT2D eigenvalue weighted by molar-refractivity contribution is 6.12. The summed E-state index contributed by atoms with van der Waals surface area (Å²) in [7, 11) is 0. The van der Waals surface area contributed by atoms with E-state index in [0.717, 1.165) is 0 Å². The van der Waals surface area contributed by atoms with Crippen molar-refractivity contribution in [2.24, 2.45) is 0 Å². The van der Waals surface area contributed by atoms with Gasteiger partial charge in [-0.05, 0) is 72.8 Å². The van der Waals surface area contributed by atoms with Gasteiger partial charge in [0.05, 0.1) is 56.0 Å². The Morgan fingerprint density at radius 1 is 0.326 bits per heavy atom. The number of phenolic OH excluding ortho intramolecular Hbond substituents is 25. The first-order valence-corrected chi connectivity index (χ1v) is 37.6. The van der Waals surface area contributed by atoms with Gasteiger partial charge >= 0.3 is 65.5 Å². The third-order valence-electron chi connectivity index (χ3n) is 21.9. The minimum Gasteiger partial charge on any atom is -0.504 e. The van der Waals surface area contributed by atoms with E-state index < -0.39 is 402 Å². The van der Waals surface area contributed by atoms with Gasteiger partial charge in [-0.3, -0.25) is 4.79 Å². The molecule has 6 aliphatic heterocycles. The molecule has 0 aromatic heterocycles. The number of esters is 10. The van der Waals surface area contributed by atoms with Crippen molar-refractivity contribution < 1.29 is 262 Å². The van der Waals surface area contributed by atoms with Crippen LogP contribution < -0.4 is 9.47 Å². The summed E-state index contributed by atoms with van der Waals surface area (Å²) in [5.41, 5.74) is -19.4. The maximum absolute atomic E-state index is 15.7. The fourth-order valence-corrected chi connectivity index (χ4v) is 15.4. The largest absolute Gasteiger partial charge is 0.504 e. The van der Waals surface area contributed by atoms with E-state index in [-0.39, 0.29) is 42.5 Å². The summed E-state index contributed by atoms with van der Waals surface area (Å²) >= 11 is 0. The van der Waals surface area contributed by atoms with Crippen molar-refractivity contribution in [1.82, 2.24) is 0 Å². The summed E-state index contributed by atoms with van der Waals surface area (Å²) in [4.78, 5) is 164. The minimum absolute atomic E-state index is 0.0621. The monoisotopic (exact) mass is 1890 g/mol. The number of aliphatic hydroxyl groups is 3. The molecule has 2 fully saturated rings. The molecule has 8 bridgehead atoms. The molecule has 0 unspecified atom stereocenters. The Bertz CT molecular complexity index is 6810. The molecule has 0 saturated carbocycles. The third kappa shape index (κ3) is 14.4. The third-order valence-corrected chi connectivity index (χ3v) is 21.9. The van der Waals surface area contributed by atoms with Crippen LogP contribution in [0.25, 0.3) is 22.3 Å². The SMILES string of the molecule is O=C1O[C@H]2[C@@H]3OC(=O)c4cc(O)c(O)c(O)c4-c4c(cc(O)c(O)c4O)C(=O)OC[C@@H](O3)[C@@H](OC(=O)c3cc(O)c(O)c4c3[C@H]3C1=CC(=O)[C@@](O)(O4)C3(O)O)[C@@H]2OC(=O)c1cc(O)c(O)c(O)c1Oc1cc(C(=O)O[C@H]2[C@@H]3OC(=O)c4cc(O)c(O)c(O)c4-c4c(cc(O)c(O)c4O)C(=O)OC[C@@H](O3)[C@@H](OC(=O)c3cc(O)c(O)c(O)c3)[C@@H]2OC(=O)c2cc(O)c(O)c(O)c2)cc(O)c1O. The van der Waals surface area contributed by atoms with Crippen molar-refractivity contribution in [1.29, 1.82) is 0 Å². The molecule has 0 amide bonds. The molecule has 7 aliphatic rings. The molecule has 9 aromatic rings. The van der Waals surface area contributed by atoms with Crippen molar-refractivity contribution in [3.63, 3.8) is 0 Å². The number of benzene rings is 9. The molecular weight excluding hydrogens is 1830 g/mol. The summed E-state index contributed by atoms with van der Waals surface area (Å²) in [6.07, 6.45) is -29.0. The maximum Gasteiger partial charge on any atom is 0.342 e. The number of carbonyl (C=O) groups is 11. The summed E-state index contributed by atoms with van der Waals surface area (Å²) in [6.45, 7) is -3.18. The Kier molecular flexibility index (Phi) is 21.3. The van der Waals surface area contributed by atoms with Crippen molar-refractivity contribution in [2.75, 3.05) is 13.2 Å². The standard InChI is InChI=1S/C82H56O53/c83-26-1-16(2-27(84)47(26)95)69(109)127-62-38-14-122-72(112)19-7-31(88)50(98)56(104)41(19)43-21(9-33(90)52(100)58(43)106)75(115)133-79(125-38)67(65(62)129-70(110)17-3-28(85)48(96)29(86)4-17)131-71(111)18-5-30(87)49(97)37(6-18)124-61-25(12-35(92)54(102)60(61)108)78(118)130-66-63-39-15-123-73(113)20-8-32(89)51(99)57(105)42(20)44-22(10-34(91)53(101)59(44)107)76(116)134-80(126-39)68(66)132-77(117)24-13-40(94)82(121)81(119,120)46(24)45-23(74(114)128-63)11-36(93)55(103)64(45)135-82/h1-13,38-39,46,62-63,65-68,79-80,83-93,95-108,119-121H,14-15H2/t38-,39-,46-,62-,63-,65+,66+,67-,68-,79+,80+,82-/m1/s1. The van der Waals surface area contributed by atoms with Crippen molar-refractivity contribution in [2.45, 2.75) is 78.9 Å². The number of hydrogen-bond donors (Lipinski definition) is 28. The van der Waals surface area contributed by atoms with Crippen LogP contribution in [-0.2, 0) is 66.4 Å². The van der Waals surface area contributed by atoms with Crippen LogP contribution >= 0.6 is 0 Å². The first-order chi connectivity index (χ1) is 63.4. The van der Waals surface area contributed by atoms with Crippen LogP contribution in [0.4, 0.5) is 0 Å². The first-order valence-electron chi connectivity index (χ1n) is 37.6. The lowest BCUT2D eigenvalue weighted by Crippen LogP contribution is -2.70. The van der Waals surface area contributed by atoms with E-state index in [9.17, 15) is 167 Å². The number of ketones is 1. The number of cyclic esters (lactones) is 2. The number of aromatic hydroxyl groups is 25. The van der Waals surface area contributed by atoms with Crippen molar-refractivity contribution in [3.8, 4) is 183 Å². The molecule has 0 spiro atoms. The van der Waals surface area contributed by atoms with Crippen LogP contribution in [-0.4, -0.2) is 295 Å². The Hall–Kier alpha value is -18.5. The van der Waals surface area contributed by atoms with E-state index >= 15 is 28.8 Å². The highest BCUT2D eigenvalue weighted by Crippen LogP contribution is 2.61. The van der Waals surface area contributed by atoms with Crippen LogP contribution in [0.2, 0.25) is 0 Å². The van der Waals surface area contributed by atoms with Gasteiger partial charge in [-0.1, -0.05) is 0 Å². The molecule has 12 atom stereocenters. The second-order valence-electron chi connectivity index (χ2n) is 29.9. The smallest absolute Gasteiger partial charge is 0.342 e. The molecule has 0 radical (unpaired) electrons. The molecule has 9 aromatic carbocycles. The number of rotatable bonds is 10. The number of ether oxygens (including phenoxy) is 14. The minimum atomic E-state index is -4.27. The van der Waals surface area contributed by atoms with Crippen LogP contribution in [0.1, 0.15) is 105 Å². The molecule has 53 heteroatoms. The van der Waals surface area contributed by atoms with E-state index in [1.165, 1.54) is 0 Å². The van der Waals surface area contributed by atoms with E-state index in [0.29, 0.717) is 36.4 Å². The Labute approximate surface area is 740 Å². The Morgan fingerprint density at radius 2 is 0.689 bits per heavy atom. The van der Waals surface area contributed by atoms with Crippen molar-refractivity contribution >= 4 is 65.5 Å². The molecule has 702 valence electrons. The Balaban J connectivity index is 0.829. The van der Waals surface area contributed by atoms with Gasteiger partial charge in [-0.25, -0.2) is 47.9 Å². The zero-order chi connectivity index (χ0) is 98.0. The fourth-order valence-electron chi connectivity index (χ4n) is 15.4. The van der Waals surface area contributed by atoms with Crippen LogP contribution in [0.15, 0.2) is 84.4 Å². The molecule has 1 aliphatic carbocycles. The zero-order valence-corrected chi connectivity index (χ0v) is 66.0. The predicted molar refractivity (Wildman–Crippen MR) is 411 cm³/mol. The van der Waals surface area contributed by atoms with E-state index in [4.69, 9.17) is 66.3 Å².